The molecule has 0 bridgehead atoms. The maximum atomic E-state index is 12.9. The average Bonchev–Trinajstić information content (AvgIpc) is 3.45. The fourth-order valence-corrected chi connectivity index (χ4v) is 5.16. The molecule has 152 valence electrons. The first-order chi connectivity index (χ1) is 14.3. The molecule has 1 N–H and O–H groups in total. The van der Waals surface area contributed by atoms with E-state index in [1.165, 1.54) is 24.1 Å². The molecule has 2 aliphatic carbocycles. The van der Waals surface area contributed by atoms with Crippen LogP contribution in [0.15, 0.2) is 30.3 Å². The molecule has 5 heteroatoms. The highest BCUT2D eigenvalue weighted by Crippen LogP contribution is 2.33. The van der Waals surface area contributed by atoms with Crippen LogP contribution in [0.3, 0.4) is 0 Å². The lowest BCUT2D eigenvalue weighted by Gasteiger charge is -2.34. The maximum absolute atomic E-state index is 12.9. The van der Waals surface area contributed by atoms with Crippen molar-refractivity contribution in [2.75, 3.05) is 18.0 Å². The van der Waals surface area contributed by atoms with Gasteiger partial charge in [-0.3, -0.25) is 4.79 Å². The highest BCUT2D eigenvalue weighted by molar-refractivity contribution is 5.80. The number of aryl methyl sites for hydroxylation is 1. The van der Waals surface area contributed by atoms with E-state index in [9.17, 15) is 4.79 Å². The number of fused-ring (bicyclic) bond motifs is 1. The van der Waals surface area contributed by atoms with Crippen molar-refractivity contribution in [2.45, 2.75) is 63.8 Å². The highest BCUT2D eigenvalue weighted by atomic mass is 16.2. The Morgan fingerprint density at radius 1 is 0.966 bits per heavy atom. The second kappa shape index (κ2) is 8.13. The molecule has 3 aliphatic rings. The van der Waals surface area contributed by atoms with Crippen molar-refractivity contribution in [3.8, 4) is 11.4 Å². The molecule has 5 nitrogen and oxygen atoms in total. The van der Waals surface area contributed by atoms with Crippen molar-refractivity contribution in [1.82, 2.24) is 15.3 Å². The van der Waals surface area contributed by atoms with Crippen LogP contribution in [-0.4, -0.2) is 35.0 Å². The van der Waals surface area contributed by atoms with E-state index < -0.39 is 0 Å². The third-order valence-electron chi connectivity index (χ3n) is 6.74. The normalized spacial score (nSPS) is 21.9. The van der Waals surface area contributed by atoms with Gasteiger partial charge in [0.2, 0.25) is 5.91 Å². The molecule has 29 heavy (non-hydrogen) atoms. The average molecular weight is 391 g/mol. The van der Waals surface area contributed by atoms with Crippen molar-refractivity contribution in [2.24, 2.45) is 5.92 Å². The molecule has 1 aromatic heterocycles. The standard InChI is InChI=1S/C24H30N4O/c29-24(25-19-11-4-5-12-19)18-10-7-15-28(16-18)23-20-13-6-14-21(20)26-22(27-23)17-8-2-1-3-9-17/h1-3,8-9,18-19H,4-7,10-16H2,(H,25,29). The molecule has 1 atom stereocenters. The summed E-state index contributed by atoms with van der Waals surface area (Å²) >= 11 is 0. The van der Waals surface area contributed by atoms with E-state index in [0.717, 1.165) is 75.2 Å². The third kappa shape index (κ3) is 3.87. The summed E-state index contributed by atoms with van der Waals surface area (Å²) in [6.07, 6.45) is 10.0. The zero-order valence-electron chi connectivity index (χ0n) is 17.1. The van der Waals surface area contributed by atoms with Gasteiger partial charge in [0.25, 0.3) is 0 Å². The van der Waals surface area contributed by atoms with Gasteiger partial charge in [0.05, 0.1) is 5.92 Å². The van der Waals surface area contributed by atoms with Crippen LogP contribution in [0.25, 0.3) is 11.4 Å². The van der Waals surface area contributed by atoms with Crippen LogP contribution in [0, 0.1) is 5.92 Å². The third-order valence-corrected chi connectivity index (χ3v) is 6.74. The Balaban J connectivity index is 1.39. The number of hydrogen-bond acceptors (Lipinski definition) is 4. The summed E-state index contributed by atoms with van der Waals surface area (Å²) in [7, 11) is 0. The van der Waals surface area contributed by atoms with Gasteiger partial charge in [0.15, 0.2) is 5.82 Å². The summed E-state index contributed by atoms with van der Waals surface area (Å²) in [6, 6.07) is 10.6. The van der Waals surface area contributed by atoms with Gasteiger partial charge in [0, 0.05) is 36.0 Å². The van der Waals surface area contributed by atoms with E-state index >= 15 is 0 Å². The molecule has 2 fully saturated rings. The minimum Gasteiger partial charge on any atom is -0.355 e. The minimum absolute atomic E-state index is 0.0662. The van der Waals surface area contributed by atoms with E-state index in [0.29, 0.717) is 6.04 Å². The molecular formula is C24H30N4O. The van der Waals surface area contributed by atoms with Crippen LogP contribution < -0.4 is 10.2 Å². The van der Waals surface area contributed by atoms with Crippen molar-refractivity contribution in [1.29, 1.82) is 0 Å². The largest absolute Gasteiger partial charge is 0.355 e. The van der Waals surface area contributed by atoms with Crippen LogP contribution in [0.1, 0.15) is 56.2 Å². The second-order valence-corrected chi connectivity index (χ2v) is 8.79. The van der Waals surface area contributed by atoms with Gasteiger partial charge >= 0.3 is 0 Å². The van der Waals surface area contributed by atoms with Gasteiger partial charge < -0.3 is 10.2 Å². The van der Waals surface area contributed by atoms with Crippen LogP contribution in [0.5, 0.6) is 0 Å². The number of aromatic nitrogens is 2. The summed E-state index contributed by atoms with van der Waals surface area (Å²) in [5.74, 6) is 2.20. The van der Waals surface area contributed by atoms with Crippen molar-refractivity contribution in [3.63, 3.8) is 0 Å². The molecule has 2 heterocycles. The van der Waals surface area contributed by atoms with Crippen LogP contribution >= 0.6 is 0 Å². The van der Waals surface area contributed by atoms with Gasteiger partial charge in [-0.05, 0) is 44.9 Å². The number of piperidine rings is 1. The monoisotopic (exact) mass is 390 g/mol. The summed E-state index contributed by atoms with van der Waals surface area (Å²) < 4.78 is 0. The zero-order valence-corrected chi connectivity index (χ0v) is 17.1. The Morgan fingerprint density at radius 2 is 1.79 bits per heavy atom. The van der Waals surface area contributed by atoms with Crippen molar-refractivity contribution >= 4 is 11.7 Å². The Bertz CT molecular complexity index is 876. The Kier molecular flexibility index (Phi) is 5.21. The maximum Gasteiger partial charge on any atom is 0.225 e. The predicted molar refractivity (Wildman–Crippen MR) is 115 cm³/mol. The number of nitrogens with zero attached hydrogens (tertiary/aromatic N) is 3. The first-order valence-corrected chi connectivity index (χ1v) is 11.3. The molecule has 1 saturated heterocycles. The molecule has 1 saturated carbocycles. The number of nitrogens with one attached hydrogen (secondary N) is 1. The quantitative estimate of drug-likeness (QED) is 0.860. The van der Waals surface area contributed by atoms with Crippen molar-refractivity contribution in [3.05, 3.63) is 41.6 Å². The van der Waals surface area contributed by atoms with E-state index in [1.54, 1.807) is 0 Å². The van der Waals surface area contributed by atoms with Gasteiger partial charge in [-0.2, -0.15) is 0 Å². The molecule has 2 aromatic rings. The number of amides is 1. The predicted octanol–water partition coefficient (Wildman–Crippen LogP) is 3.91. The topological polar surface area (TPSA) is 58.1 Å². The molecular weight excluding hydrogens is 360 g/mol. The fraction of sp³-hybridized carbons (Fsp3) is 0.542. The fourth-order valence-electron chi connectivity index (χ4n) is 5.16. The van der Waals surface area contributed by atoms with Crippen LogP contribution in [0.4, 0.5) is 5.82 Å². The molecule has 1 unspecified atom stereocenters. The number of benzene rings is 1. The summed E-state index contributed by atoms with van der Waals surface area (Å²) in [5, 5.41) is 3.31. The Labute approximate surface area is 172 Å². The lowest BCUT2D eigenvalue weighted by molar-refractivity contribution is -0.125. The van der Waals surface area contributed by atoms with Gasteiger partial charge in [-0.15, -0.1) is 0 Å². The lowest BCUT2D eigenvalue weighted by atomic mass is 9.96. The van der Waals surface area contributed by atoms with Crippen LogP contribution in [-0.2, 0) is 17.6 Å². The molecule has 1 aromatic carbocycles. The SMILES string of the molecule is O=C(NC1CCCC1)C1CCCN(c2nc(-c3ccccc3)nc3c2CCC3)C1. The van der Waals surface area contributed by atoms with Crippen molar-refractivity contribution < 1.29 is 4.79 Å². The van der Waals surface area contributed by atoms with E-state index in [4.69, 9.17) is 9.97 Å². The second-order valence-electron chi connectivity index (χ2n) is 8.79. The summed E-state index contributed by atoms with van der Waals surface area (Å²) in [5.41, 5.74) is 3.57. The first kappa shape index (κ1) is 18.6. The van der Waals surface area contributed by atoms with E-state index in [1.807, 2.05) is 18.2 Å². The van der Waals surface area contributed by atoms with E-state index in [2.05, 4.69) is 22.3 Å². The molecule has 0 radical (unpaired) electrons. The molecule has 1 amide bonds. The lowest BCUT2D eigenvalue weighted by Crippen LogP contribution is -2.46. The summed E-state index contributed by atoms with van der Waals surface area (Å²) in [4.78, 5) is 25.1. The molecule has 0 spiro atoms. The number of carbonyl (C=O) groups excluding carboxylic acids is 1. The van der Waals surface area contributed by atoms with E-state index in [-0.39, 0.29) is 11.8 Å². The van der Waals surface area contributed by atoms with Gasteiger partial charge in [0.1, 0.15) is 5.82 Å². The number of anilines is 1. The Hall–Kier alpha value is -2.43. The summed E-state index contributed by atoms with van der Waals surface area (Å²) in [6.45, 7) is 1.75. The number of rotatable bonds is 4. The molecule has 5 rings (SSSR count). The minimum atomic E-state index is 0.0662. The Morgan fingerprint density at radius 3 is 2.62 bits per heavy atom. The smallest absolute Gasteiger partial charge is 0.225 e. The van der Waals surface area contributed by atoms with Gasteiger partial charge in [-0.1, -0.05) is 43.2 Å². The highest BCUT2D eigenvalue weighted by Gasteiger charge is 2.31. The number of hydrogen-bond donors (Lipinski definition) is 1. The zero-order chi connectivity index (χ0) is 19.6. The van der Waals surface area contributed by atoms with Crippen LogP contribution in [0.2, 0.25) is 0 Å². The first-order valence-electron chi connectivity index (χ1n) is 11.3. The molecule has 1 aliphatic heterocycles. The number of carbonyl (C=O) groups is 1. The van der Waals surface area contributed by atoms with Gasteiger partial charge in [-0.25, -0.2) is 9.97 Å².